The number of nitrogens with zero attached hydrogens (tertiary/aromatic N) is 1. The number of carbonyl (C=O) groups is 1. The van der Waals surface area contributed by atoms with Crippen molar-refractivity contribution in [2.24, 2.45) is 5.41 Å². The van der Waals surface area contributed by atoms with Gasteiger partial charge in [-0.3, -0.25) is 4.79 Å². The quantitative estimate of drug-likeness (QED) is 0.806. The fourth-order valence-electron chi connectivity index (χ4n) is 2.34. The summed E-state index contributed by atoms with van der Waals surface area (Å²) in [7, 11) is -3.43. The Morgan fingerprint density at radius 1 is 1.10 bits per heavy atom. The summed E-state index contributed by atoms with van der Waals surface area (Å²) in [6, 6.07) is 6.18. The molecule has 0 bridgehead atoms. The highest BCUT2D eigenvalue weighted by Gasteiger charge is 2.32. The molecule has 0 saturated carbocycles. The molecule has 4 nitrogen and oxygen atoms in total. The van der Waals surface area contributed by atoms with Gasteiger partial charge in [-0.2, -0.15) is 4.31 Å². The number of rotatable bonds is 3. The molecule has 1 aliphatic rings. The van der Waals surface area contributed by atoms with Gasteiger partial charge in [-0.15, -0.1) is 0 Å². The van der Waals surface area contributed by atoms with Crippen molar-refractivity contribution >= 4 is 15.8 Å². The van der Waals surface area contributed by atoms with Crippen molar-refractivity contribution < 1.29 is 13.2 Å². The summed E-state index contributed by atoms with van der Waals surface area (Å²) in [5.41, 5.74) is 0.744. The van der Waals surface area contributed by atoms with E-state index in [1.807, 2.05) is 0 Å². The first-order valence-corrected chi connectivity index (χ1v) is 8.28. The third-order valence-corrected chi connectivity index (χ3v) is 5.89. The molecular formula is C15H21NO3S. The molecule has 5 heteroatoms. The van der Waals surface area contributed by atoms with Crippen molar-refractivity contribution in [2.45, 2.75) is 38.5 Å². The second kappa shape index (κ2) is 5.30. The zero-order chi connectivity index (χ0) is 15.0. The van der Waals surface area contributed by atoms with Crippen LogP contribution < -0.4 is 0 Å². The van der Waals surface area contributed by atoms with Gasteiger partial charge in [-0.05, 0) is 37.3 Å². The second-order valence-electron chi connectivity index (χ2n) is 6.15. The van der Waals surface area contributed by atoms with Crippen LogP contribution in [0.25, 0.3) is 0 Å². The van der Waals surface area contributed by atoms with Crippen LogP contribution in [0.2, 0.25) is 0 Å². The van der Waals surface area contributed by atoms with Gasteiger partial charge >= 0.3 is 0 Å². The van der Waals surface area contributed by atoms with Crippen molar-refractivity contribution in [1.29, 1.82) is 0 Å². The van der Waals surface area contributed by atoms with Crippen LogP contribution in [0.1, 0.15) is 44.0 Å². The van der Waals surface area contributed by atoms with Crippen LogP contribution in [-0.4, -0.2) is 31.6 Å². The Balaban J connectivity index is 2.20. The lowest BCUT2D eigenvalue weighted by Gasteiger charge is -2.36. The summed E-state index contributed by atoms with van der Waals surface area (Å²) < 4.78 is 26.6. The molecule has 1 aromatic rings. The Morgan fingerprint density at radius 3 is 2.05 bits per heavy atom. The Morgan fingerprint density at radius 2 is 1.60 bits per heavy atom. The average molecular weight is 295 g/mol. The minimum Gasteiger partial charge on any atom is -0.295 e. The number of Topliss-reactive ketones (excluding diaryl/α,β-unsaturated/α-hetero) is 1. The van der Waals surface area contributed by atoms with E-state index < -0.39 is 10.0 Å². The van der Waals surface area contributed by atoms with E-state index in [0.29, 0.717) is 18.7 Å². The monoisotopic (exact) mass is 295 g/mol. The maximum absolute atomic E-state index is 12.5. The first kappa shape index (κ1) is 15.2. The van der Waals surface area contributed by atoms with E-state index in [1.165, 1.54) is 19.1 Å². The normalized spacial score (nSPS) is 19.8. The SMILES string of the molecule is CC(=O)c1ccc(S(=O)(=O)N2CCC(C)(C)CC2)cc1. The Labute approximate surface area is 120 Å². The Kier molecular flexibility index (Phi) is 4.02. The van der Waals surface area contributed by atoms with Gasteiger partial charge in [0.2, 0.25) is 10.0 Å². The molecule has 2 rings (SSSR count). The maximum Gasteiger partial charge on any atom is 0.243 e. The van der Waals surface area contributed by atoms with Crippen LogP contribution in [0.3, 0.4) is 0 Å². The van der Waals surface area contributed by atoms with Gasteiger partial charge in [-0.25, -0.2) is 8.42 Å². The van der Waals surface area contributed by atoms with Gasteiger partial charge in [0, 0.05) is 18.7 Å². The van der Waals surface area contributed by atoms with Crippen molar-refractivity contribution in [3.63, 3.8) is 0 Å². The summed E-state index contributed by atoms with van der Waals surface area (Å²) in [5, 5.41) is 0. The van der Waals surface area contributed by atoms with E-state index in [0.717, 1.165) is 12.8 Å². The largest absolute Gasteiger partial charge is 0.295 e. The van der Waals surface area contributed by atoms with E-state index in [-0.39, 0.29) is 16.1 Å². The number of hydrogen-bond acceptors (Lipinski definition) is 3. The molecule has 110 valence electrons. The Hall–Kier alpha value is -1.20. The van der Waals surface area contributed by atoms with Gasteiger partial charge in [0.25, 0.3) is 0 Å². The molecular weight excluding hydrogens is 274 g/mol. The molecule has 0 aliphatic carbocycles. The van der Waals surface area contributed by atoms with Crippen LogP contribution in [-0.2, 0) is 10.0 Å². The summed E-state index contributed by atoms with van der Waals surface area (Å²) in [5.74, 6) is -0.0614. The van der Waals surface area contributed by atoms with E-state index in [2.05, 4.69) is 13.8 Å². The van der Waals surface area contributed by atoms with Crippen LogP contribution in [0, 0.1) is 5.41 Å². The molecule has 0 atom stereocenters. The van der Waals surface area contributed by atoms with E-state index in [9.17, 15) is 13.2 Å². The topological polar surface area (TPSA) is 54.5 Å². The van der Waals surface area contributed by atoms with Gasteiger partial charge in [0.1, 0.15) is 0 Å². The zero-order valence-corrected chi connectivity index (χ0v) is 13.0. The molecule has 0 amide bonds. The molecule has 0 aromatic heterocycles. The standard InChI is InChI=1S/C15H21NO3S/c1-12(17)13-4-6-14(7-5-13)20(18,19)16-10-8-15(2,3)9-11-16/h4-7H,8-11H2,1-3H3. The van der Waals surface area contributed by atoms with Gasteiger partial charge in [0.05, 0.1) is 4.90 Å². The zero-order valence-electron chi connectivity index (χ0n) is 12.2. The molecule has 1 saturated heterocycles. The summed E-state index contributed by atoms with van der Waals surface area (Å²) in [4.78, 5) is 11.5. The number of hydrogen-bond donors (Lipinski definition) is 0. The molecule has 1 heterocycles. The van der Waals surface area contributed by atoms with Gasteiger partial charge in [-0.1, -0.05) is 26.0 Å². The van der Waals surface area contributed by atoms with E-state index in [4.69, 9.17) is 0 Å². The average Bonchev–Trinajstić information content (AvgIpc) is 2.38. The van der Waals surface area contributed by atoms with E-state index >= 15 is 0 Å². The van der Waals surface area contributed by atoms with Gasteiger partial charge in [0.15, 0.2) is 5.78 Å². The minimum absolute atomic E-state index is 0.0614. The third-order valence-electron chi connectivity index (χ3n) is 3.97. The van der Waals surface area contributed by atoms with Crippen LogP contribution in [0.15, 0.2) is 29.2 Å². The van der Waals surface area contributed by atoms with Crippen LogP contribution in [0.4, 0.5) is 0 Å². The number of sulfonamides is 1. The summed E-state index contributed by atoms with van der Waals surface area (Å²) >= 11 is 0. The smallest absolute Gasteiger partial charge is 0.243 e. The number of ketones is 1. The lowest BCUT2D eigenvalue weighted by molar-refractivity contribution is 0.101. The van der Waals surface area contributed by atoms with Gasteiger partial charge < -0.3 is 0 Å². The van der Waals surface area contributed by atoms with Crippen molar-refractivity contribution in [2.75, 3.05) is 13.1 Å². The second-order valence-corrected chi connectivity index (χ2v) is 8.09. The first-order valence-electron chi connectivity index (χ1n) is 6.84. The lowest BCUT2D eigenvalue weighted by Crippen LogP contribution is -2.41. The van der Waals surface area contributed by atoms with Crippen molar-refractivity contribution in [3.8, 4) is 0 Å². The maximum atomic E-state index is 12.5. The number of carbonyl (C=O) groups excluding carboxylic acids is 1. The van der Waals surface area contributed by atoms with Crippen LogP contribution >= 0.6 is 0 Å². The predicted molar refractivity (Wildman–Crippen MR) is 78.2 cm³/mol. The summed E-state index contributed by atoms with van der Waals surface area (Å²) in [6.07, 6.45) is 1.75. The fourth-order valence-corrected chi connectivity index (χ4v) is 3.78. The highest BCUT2D eigenvalue weighted by atomic mass is 32.2. The van der Waals surface area contributed by atoms with Crippen molar-refractivity contribution in [3.05, 3.63) is 29.8 Å². The fraction of sp³-hybridized carbons (Fsp3) is 0.533. The molecule has 1 aliphatic heterocycles. The van der Waals surface area contributed by atoms with E-state index in [1.54, 1.807) is 16.4 Å². The van der Waals surface area contributed by atoms with Crippen molar-refractivity contribution in [1.82, 2.24) is 4.31 Å². The summed E-state index contributed by atoms with van der Waals surface area (Å²) in [6.45, 7) is 6.92. The lowest BCUT2D eigenvalue weighted by atomic mass is 9.83. The first-order chi connectivity index (χ1) is 9.22. The Bertz CT molecular complexity index is 593. The highest BCUT2D eigenvalue weighted by Crippen LogP contribution is 2.32. The molecule has 1 fully saturated rings. The predicted octanol–water partition coefficient (Wildman–Crippen LogP) is 2.70. The molecule has 0 radical (unpaired) electrons. The highest BCUT2D eigenvalue weighted by molar-refractivity contribution is 7.89. The molecule has 0 unspecified atom stereocenters. The minimum atomic E-state index is -3.43. The number of piperidine rings is 1. The molecule has 20 heavy (non-hydrogen) atoms. The molecule has 1 aromatic carbocycles. The molecule has 0 spiro atoms. The third kappa shape index (κ3) is 3.10. The number of benzene rings is 1. The molecule has 0 N–H and O–H groups in total. The van der Waals surface area contributed by atoms with Crippen LogP contribution in [0.5, 0.6) is 0 Å².